The van der Waals surface area contributed by atoms with Crippen molar-refractivity contribution in [2.24, 2.45) is 0 Å². The van der Waals surface area contributed by atoms with Crippen LogP contribution in [0.25, 0.3) is 6.08 Å². The number of carbonyl (C=O) groups is 1. The predicted octanol–water partition coefficient (Wildman–Crippen LogP) is 3.97. The first-order valence-corrected chi connectivity index (χ1v) is 6.91. The number of pyridine rings is 1. The van der Waals surface area contributed by atoms with Crippen molar-refractivity contribution in [2.75, 3.05) is 6.54 Å². The van der Waals surface area contributed by atoms with Gasteiger partial charge in [-0.1, -0.05) is 17.7 Å². The van der Waals surface area contributed by atoms with Gasteiger partial charge in [-0.2, -0.15) is 0 Å². The van der Waals surface area contributed by atoms with E-state index in [2.05, 4.69) is 10.3 Å². The summed E-state index contributed by atoms with van der Waals surface area (Å²) >= 11 is 5.84. The molecule has 1 N–H and O–H groups in total. The van der Waals surface area contributed by atoms with Crippen LogP contribution in [0, 0.1) is 6.92 Å². The molecule has 1 heterocycles. The Hall–Kier alpha value is -1.55. The molecule has 0 fully saturated rings. The van der Waals surface area contributed by atoms with Crippen LogP contribution in [0.3, 0.4) is 0 Å². The van der Waals surface area contributed by atoms with Gasteiger partial charge in [0.25, 0.3) is 0 Å². The number of carbonyl (C=O) groups excluding carboxylic acids is 1. The van der Waals surface area contributed by atoms with Crippen LogP contribution in [0.2, 0.25) is 5.02 Å². The summed E-state index contributed by atoms with van der Waals surface area (Å²) < 4.78 is 5.13. The van der Waals surface area contributed by atoms with Gasteiger partial charge in [0, 0.05) is 12.7 Å². The fourth-order valence-corrected chi connectivity index (χ4v) is 1.70. The Labute approximate surface area is 125 Å². The molecule has 0 aliphatic rings. The summed E-state index contributed by atoms with van der Waals surface area (Å²) in [5.41, 5.74) is 1.44. The van der Waals surface area contributed by atoms with Gasteiger partial charge in [0.05, 0.1) is 10.7 Å². The van der Waals surface area contributed by atoms with Crippen LogP contribution in [0.4, 0.5) is 4.79 Å². The van der Waals surface area contributed by atoms with E-state index in [1.807, 2.05) is 45.9 Å². The summed E-state index contributed by atoms with van der Waals surface area (Å²) in [6.07, 6.45) is 5.81. The predicted molar refractivity (Wildman–Crippen MR) is 81.9 cm³/mol. The average molecular weight is 297 g/mol. The third-order valence-electron chi connectivity index (χ3n) is 2.34. The molecule has 0 unspecified atom stereocenters. The Kier molecular flexibility index (Phi) is 6.02. The molecule has 0 saturated carbocycles. The van der Waals surface area contributed by atoms with E-state index < -0.39 is 11.7 Å². The van der Waals surface area contributed by atoms with Crippen LogP contribution in [0.1, 0.15) is 38.4 Å². The Bertz CT molecular complexity index is 493. The first-order chi connectivity index (χ1) is 9.28. The molecule has 20 heavy (non-hydrogen) atoms. The minimum Gasteiger partial charge on any atom is -0.444 e. The number of aryl methyl sites for hydroxylation is 1. The summed E-state index contributed by atoms with van der Waals surface area (Å²) in [5.74, 6) is 0. The van der Waals surface area contributed by atoms with Crippen molar-refractivity contribution in [3.05, 3.63) is 34.6 Å². The van der Waals surface area contributed by atoms with Gasteiger partial charge in [-0.05, 0) is 51.8 Å². The fourth-order valence-electron chi connectivity index (χ4n) is 1.49. The lowest BCUT2D eigenvalue weighted by Crippen LogP contribution is -2.32. The van der Waals surface area contributed by atoms with E-state index in [1.54, 1.807) is 6.20 Å². The summed E-state index contributed by atoms with van der Waals surface area (Å²) in [7, 11) is 0. The van der Waals surface area contributed by atoms with E-state index in [1.165, 1.54) is 0 Å². The molecular weight excluding hydrogens is 276 g/mol. The van der Waals surface area contributed by atoms with Crippen molar-refractivity contribution in [3.8, 4) is 0 Å². The molecular formula is C15H21ClN2O2. The maximum absolute atomic E-state index is 11.4. The number of alkyl carbamates (subject to hydrolysis) is 1. The molecule has 4 nitrogen and oxygen atoms in total. The molecule has 0 saturated heterocycles. The van der Waals surface area contributed by atoms with Gasteiger partial charge in [-0.25, -0.2) is 4.79 Å². The second-order valence-corrected chi connectivity index (χ2v) is 5.91. The van der Waals surface area contributed by atoms with Crippen molar-refractivity contribution in [1.29, 1.82) is 0 Å². The average Bonchev–Trinajstić information content (AvgIpc) is 2.28. The molecule has 1 aromatic heterocycles. The van der Waals surface area contributed by atoms with E-state index in [4.69, 9.17) is 16.3 Å². The van der Waals surface area contributed by atoms with Crippen LogP contribution < -0.4 is 5.32 Å². The number of hydrogen-bond donors (Lipinski definition) is 1. The zero-order chi connectivity index (χ0) is 15.2. The molecule has 1 aromatic rings. The topological polar surface area (TPSA) is 51.2 Å². The number of halogens is 1. The zero-order valence-electron chi connectivity index (χ0n) is 12.4. The van der Waals surface area contributed by atoms with Crippen molar-refractivity contribution >= 4 is 23.8 Å². The lowest BCUT2D eigenvalue weighted by Gasteiger charge is -2.19. The third kappa shape index (κ3) is 6.57. The highest BCUT2D eigenvalue weighted by molar-refractivity contribution is 6.30. The zero-order valence-corrected chi connectivity index (χ0v) is 13.1. The number of nitrogens with zero attached hydrogens (tertiary/aromatic N) is 1. The van der Waals surface area contributed by atoms with Gasteiger partial charge < -0.3 is 10.1 Å². The normalized spacial score (nSPS) is 11.7. The number of amides is 1. The van der Waals surface area contributed by atoms with Gasteiger partial charge in [-0.15, -0.1) is 0 Å². The second-order valence-electron chi connectivity index (χ2n) is 5.48. The quantitative estimate of drug-likeness (QED) is 0.855. The molecule has 0 bridgehead atoms. The molecule has 0 aromatic carbocycles. The summed E-state index contributed by atoms with van der Waals surface area (Å²) in [6.45, 7) is 7.99. The maximum Gasteiger partial charge on any atom is 0.407 e. The Morgan fingerprint density at radius 1 is 1.50 bits per heavy atom. The highest BCUT2D eigenvalue weighted by atomic mass is 35.5. The van der Waals surface area contributed by atoms with E-state index in [9.17, 15) is 4.79 Å². The van der Waals surface area contributed by atoms with Crippen LogP contribution >= 0.6 is 11.6 Å². The van der Waals surface area contributed by atoms with E-state index in [-0.39, 0.29) is 0 Å². The smallest absolute Gasteiger partial charge is 0.407 e. The first kappa shape index (κ1) is 16.5. The van der Waals surface area contributed by atoms with E-state index >= 15 is 0 Å². The Morgan fingerprint density at radius 3 is 2.80 bits per heavy atom. The lowest BCUT2D eigenvalue weighted by atomic mass is 10.2. The molecule has 1 rings (SSSR count). The van der Waals surface area contributed by atoms with Gasteiger partial charge >= 0.3 is 6.09 Å². The standard InChI is InChI=1S/C15H21ClN2O2/c1-11-9-12(16)10-18-13(11)7-5-6-8-17-14(19)20-15(2,3)4/h5,7,9-10H,6,8H2,1-4H3,(H,17,19). The maximum atomic E-state index is 11.4. The number of hydrogen-bond acceptors (Lipinski definition) is 3. The summed E-state index contributed by atoms with van der Waals surface area (Å²) in [5, 5.41) is 3.33. The molecule has 0 atom stereocenters. The monoisotopic (exact) mass is 296 g/mol. The fraction of sp³-hybridized carbons (Fsp3) is 0.467. The molecule has 0 spiro atoms. The van der Waals surface area contributed by atoms with Crippen LogP contribution in [0.15, 0.2) is 18.3 Å². The van der Waals surface area contributed by atoms with Gasteiger partial charge in [0.1, 0.15) is 5.60 Å². The van der Waals surface area contributed by atoms with Crippen molar-refractivity contribution in [1.82, 2.24) is 10.3 Å². The molecule has 0 radical (unpaired) electrons. The number of aromatic nitrogens is 1. The van der Waals surface area contributed by atoms with Crippen LogP contribution in [-0.2, 0) is 4.74 Å². The van der Waals surface area contributed by atoms with Gasteiger partial charge in [0.15, 0.2) is 0 Å². The Balaban J connectivity index is 2.34. The number of nitrogens with one attached hydrogen (secondary N) is 1. The lowest BCUT2D eigenvalue weighted by molar-refractivity contribution is 0.0529. The molecule has 0 aliphatic carbocycles. The minimum atomic E-state index is -0.468. The van der Waals surface area contributed by atoms with Crippen LogP contribution in [-0.4, -0.2) is 23.2 Å². The highest BCUT2D eigenvalue weighted by Gasteiger charge is 2.15. The molecule has 110 valence electrons. The van der Waals surface area contributed by atoms with Crippen LogP contribution in [0.5, 0.6) is 0 Å². The summed E-state index contributed by atoms with van der Waals surface area (Å²) in [6, 6.07) is 1.87. The number of rotatable bonds is 4. The SMILES string of the molecule is Cc1cc(Cl)cnc1C=CCCNC(=O)OC(C)(C)C. The number of ether oxygens (including phenoxy) is 1. The molecule has 0 aliphatic heterocycles. The molecule has 1 amide bonds. The largest absolute Gasteiger partial charge is 0.444 e. The van der Waals surface area contributed by atoms with E-state index in [0.717, 1.165) is 11.3 Å². The van der Waals surface area contributed by atoms with Gasteiger partial charge in [-0.3, -0.25) is 4.98 Å². The van der Waals surface area contributed by atoms with Crippen molar-refractivity contribution < 1.29 is 9.53 Å². The first-order valence-electron chi connectivity index (χ1n) is 6.53. The van der Waals surface area contributed by atoms with Crippen molar-refractivity contribution in [2.45, 2.75) is 39.7 Å². The highest BCUT2D eigenvalue weighted by Crippen LogP contribution is 2.13. The molecule has 5 heteroatoms. The van der Waals surface area contributed by atoms with Crippen molar-refractivity contribution in [3.63, 3.8) is 0 Å². The van der Waals surface area contributed by atoms with Gasteiger partial charge in [0.2, 0.25) is 0 Å². The van der Waals surface area contributed by atoms with E-state index in [0.29, 0.717) is 18.0 Å². The summed E-state index contributed by atoms with van der Waals surface area (Å²) in [4.78, 5) is 15.6. The third-order valence-corrected chi connectivity index (χ3v) is 2.55. The second kappa shape index (κ2) is 7.29. The Morgan fingerprint density at radius 2 is 2.20 bits per heavy atom. The minimum absolute atomic E-state index is 0.397.